The molecule has 0 aliphatic rings. The van der Waals surface area contributed by atoms with Crippen LogP contribution in [-0.2, 0) is 4.74 Å². The average molecular weight is 282 g/mol. The SMILES string of the molecule is COC(=O)c1ccc(Br)cc1N(C)C.[H-].[Na+]. The fraction of sp³-hybridized carbons (Fsp3) is 0.300. The summed E-state index contributed by atoms with van der Waals surface area (Å²) < 4.78 is 5.62. The first-order chi connectivity index (χ1) is 6.56. The molecule has 0 bridgehead atoms. The molecule has 1 aromatic rings. The third-order valence-electron chi connectivity index (χ3n) is 1.85. The fourth-order valence-electron chi connectivity index (χ4n) is 1.16. The molecule has 0 unspecified atom stereocenters. The number of esters is 1. The summed E-state index contributed by atoms with van der Waals surface area (Å²) in [6.45, 7) is 0. The van der Waals surface area contributed by atoms with E-state index in [-0.39, 0.29) is 37.0 Å². The predicted molar refractivity (Wildman–Crippen MR) is 60.9 cm³/mol. The van der Waals surface area contributed by atoms with Crippen molar-refractivity contribution in [1.82, 2.24) is 0 Å². The van der Waals surface area contributed by atoms with Crippen LogP contribution in [-0.4, -0.2) is 27.2 Å². The molecule has 0 fully saturated rings. The van der Waals surface area contributed by atoms with Crippen LogP contribution in [0.4, 0.5) is 5.69 Å². The second kappa shape index (κ2) is 6.53. The van der Waals surface area contributed by atoms with Crippen LogP contribution < -0.4 is 34.5 Å². The quantitative estimate of drug-likeness (QED) is 0.537. The number of halogens is 1. The number of benzene rings is 1. The predicted octanol–water partition coefficient (Wildman–Crippen LogP) is -0.582. The van der Waals surface area contributed by atoms with E-state index in [1.54, 1.807) is 6.07 Å². The Balaban J connectivity index is 0. The maximum Gasteiger partial charge on any atom is 1.00 e. The molecule has 0 spiro atoms. The molecule has 15 heavy (non-hydrogen) atoms. The van der Waals surface area contributed by atoms with Crippen molar-refractivity contribution in [2.24, 2.45) is 0 Å². The van der Waals surface area contributed by atoms with E-state index in [4.69, 9.17) is 0 Å². The van der Waals surface area contributed by atoms with E-state index >= 15 is 0 Å². The van der Waals surface area contributed by atoms with Crippen LogP contribution in [0.25, 0.3) is 0 Å². The third-order valence-corrected chi connectivity index (χ3v) is 2.34. The molecular formula is C10H13BrNNaO2. The van der Waals surface area contributed by atoms with E-state index in [0.29, 0.717) is 5.56 Å². The zero-order valence-corrected chi connectivity index (χ0v) is 13.0. The van der Waals surface area contributed by atoms with Crippen LogP contribution in [0.3, 0.4) is 0 Å². The van der Waals surface area contributed by atoms with Gasteiger partial charge in [0.15, 0.2) is 0 Å². The molecule has 0 aliphatic heterocycles. The van der Waals surface area contributed by atoms with Gasteiger partial charge in [-0.25, -0.2) is 4.79 Å². The molecule has 0 atom stereocenters. The first kappa shape index (κ1) is 15.0. The van der Waals surface area contributed by atoms with E-state index in [2.05, 4.69) is 20.7 Å². The number of anilines is 1. The van der Waals surface area contributed by atoms with Crippen LogP contribution in [0.1, 0.15) is 11.8 Å². The summed E-state index contributed by atoms with van der Waals surface area (Å²) in [4.78, 5) is 13.3. The average Bonchev–Trinajstić information content (AvgIpc) is 2.16. The molecule has 0 N–H and O–H groups in total. The van der Waals surface area contributed by atoms with Crippen LogP contribution >= 0.6 is 15.9 Å². The molecular weight excluding hydrogens is 269 g/mol. The van der Waals surface area contributed by atoms with Crippen LogP contribution in [0.2, 0.25) is 0 Å². The van der Waals surface area contributed by atoms with E-state index in [0.717, 1.165) is 10.2 Å². The number of ether oxygens (including phenoxy) is 1. The largest absolute Gasteiger partial charge is 1.00 e. The van der Waals surface area contributed by atoms with E-state index in [1.807, 2.05) is 31.1 Å². The molecule has 0 aromatic heterocycles. The standard InChI is InChI=1S/C10H12BrNO2.Na.H/c1-12(2)9-6-7(11)4-5-8(9)10(13)14-3;;/h4-6H,1-3H3;;/q;+1;-1. The van der Waals surface area contributed by atoms with Crippen molar-refractivity contribution in [3.8, 4) is 0 Å². The number of carbonyl (C=O) groups is 1. The van der Waals surface area contributed by atoms with Crippen LogP contribution in [0.15, 0.2) is 22.7 Å². The van der Waals surface area contributed by atoms with E-state index in [1.165, 1.54) is 7.11 Å². The summed E-state index contributed by atoms with van der Waals surface area (Å²) in [7, 11) is 5.15. The van der Waals surface area contributed by atoms with Crippen molar-refractivity contribution < 1.29 is 40.5 Å². The maximum atomic E-state index is 11.4. The summed E-state index contributed by atoms with van der Waals surface area (Å²) in [6, 6.07) is 5.44. The molecule has 0 radical (unpaired) electrons. The Hall–Kier alpha value is -0.0300. The minimum absolute atomic E-state index is 0. The molecule has 1 aromatic carbocycles. The second-order valence-electron chi connectivity index (χ2n) is 3.05. The van der Waals surface area contributed by atoms with Gasteiger partial charge in [-0.05, 0) is 18.2 Å². The second-order valence-corrected chi connectivity index (χ2v) is 3.96. The maximum absolute atomic E-state index is 11.4. The normalized spacial score (nSPS) is 9.07. The number of hydrogen-bond acceptors (Lipinski definition) is 3. The van der Waals surface area contributed by atoms with Crippen molar-refractivity contribution in [1.29, 1.82) is 0 Å². The topological polar surface area (TPSA) is 29.5 Å². The van der Waals surface area contributed by atoms with Gasteiger partial charge in [0.25, 0.3) is 0 Å². The minimum Gasteiger partial charge on any atom is -1.00 e. The number of rotatable bonds is 2. The fourth-order valence-corrected chi connectivity index (χ4v) is 1.51. The van der Waals surface area contributed by atoms with Crippen molar-refractivity contribution in [2.75, 3.05) is 26.1 Å². The van der Waals surface area contributed by atoms with Crippen molar-refractivity contribution in [3.63, 3.8) is 0 Å². The van der Waals surface area contributed by atoms with Gasteiger partial charge in [0.05, 0.1) is 18.4 Å². The molecule has 0 saturated carbocycles. The van der Waals surface area contributed by atoms with Gasteiger partial charge in [0.2, 0.25) is 0 Å². The van der Waals surface area contributed by atoms with Crippen molar-refractivity contribution in [2.45, 2.75) is 0 Å². The zero-order valence-electron chi connectivity index (χ0n) is 10.4. The van der Waals surface area contributed by atoms with Crippen molar-refractivity contribution in [3.05, 3.63) is 28.2 Å². The molecule has 5 heteroatoms. The van der Waals surface area contributed by atoms with Gasteiger partial charge >= 0.3 is 35.5 Å². The molecule has 0 aliphatic carbocycles. The smallest absolute Gasteiger partial charge is 1.00 e. The number of methoxy groups -OCH3 is 1. The Kier molecular flexibility index (Phi) is 6.52. The van der Waals surface area contributed by atoms with Crippen molar-refractivity contribution >= 4 is 27.6 Å². The van der Waals surface area contributed by atoms with Gasteiger partial charge < -0.3 is 11.1 Å². The monoisotopic (exact) mass is 281 g/mol. The Morgan fingerprint density at radius 2 is 2.07 bits per heavy atom. The summed E-state index contributed by atoms with van der Waals surface area (Å²) in [6.07, 6.45) is 0. The number of carbonyl (C=O) groups excluding carboxylic acids is 1. The van der Waals surface area contributed by atoms with E-state index < -0.39 is 0 Å². The van der Waals surface area contributed by atoms with Gasteiger partial charge in [-0.1, -0.05) is 15.9 Å². The van der Waals surface area contributed by atoms with Gasteiger partial charge in [-0.3, -0.25) is 0 Å². The van der Waals surface area contributed by atoms with Gasteiger partial charge in [-0.2, -0.15) is 0 Å². The number of nitrogens with zero attached hydrogens (tertiary/aromatic N) is 1. The number of hydrogen-bond donors (Lipinski definition) is 0. The van der Waals surface area contributed by atoms with Gasteiger partial charge in [-0.15, -0.1) is 0 Å². The van der Waals surface area contributed by atoms with Crippen LogP contribution in [0, 0.1) is 0 Å². The first-order valence-electron chi connectivity index (χ1n) is 4.11. The van der Waals surface area contributed by atoms with Gasteiger partial charge in [0, 0.05) is 18.6 Å². The van der Waals surface area contributed by atoms with E-state index in [9.17, 15) is 4.79 Å². The molecule has 0 saturated heterocycles. The summed E-state index contributed by atoms with van der Waals surface area (Å²) in [5.74, 6) is -0.318. The molecule has 3 nitrogen and oxygen atoms in total. The summed E-state index contributed by atoms with van der Waals surface area (Å²) >= 11 is 3.36. The summed E-state index contributed by atoms with van der Waals surface area (Å²) in [5.41, 5.74) is 1.41. The Bertz CT molecular complexity index is 361. The molecule has 78 valence electrons. The minimum atomic E-state index is -0.318. The van der Waals surface area contributed by atoms with Crippen LogP contribution in [0.5, 0.6) is 0 Å². The third kappa shape index (κ3) is 3.79. The summed E-state index contributed by atoms with van der Waals surface area (Å²) in [5, 5.41) is 0. The zero-order chi connectivity index (χ0) is 10.7. The molecule has 0 amide bonds. The Labute approximate surface area is 122 Å². The first-order valence-corrected chi connectivity index (χ1v) is 4.90. The Morgan fingerprint density at radius 3 is 2.53 bits per heavy atom. The molecule has 1 rings (SSSR count). The van der Waals surface area contributed by atoms with Gasteiger partial charge in [0.1, 0.15) is 0 Å². The molecule has 0 heterocycles. The Morgan fingerprint density at radius 1 is 1.47 bits per heavy atom.